The Morgan fingerprint density at radius 1 is 1.11 bits per heavy atom. The molecule has 138 valence electrons. The number of fused-ring (bicyclic) bond motifs is 2. The van der Waals surface area contributed by atoms with E-state index in [4.69, 9.17) is 16.0 Å². The number of benzene rings is 2. The first-order valence-corrected chi connectivity index (χ1v) is 7.99. The number of para-hydroxylation sites is 1. The average molecular weight is 398 g/mol. The van der Waals surface area contributed by atoms with Crippen LogP contribution in [0.3, 0.4) is 0 Å². The van der Waals surface area contributed by atoms with E-state index in [1.165, 1.54) is 18.2 Å². The summed E-state index contributed by atoms with van der Waals surface area (Å²) in [7, 11) is 0. The fourth-order valence-corrected chi connectivity index (χ4v) is 3.21. The Labute approximate surface area is 153 Å². The van der Waals surface area contributed by atoms with Gasteiger partial charge < -0.3 is 9.32 Å². The van der Waals surface area contributed by atoms with Crippen LogP contribution >= 0.6 is 11.6 Å². The van der Waals surface area contributed by atoms with Crippen LogP contribution in [0, 0.1) is 5.82 Å². The average Bonchev–Trinajstić information content (AvgIpc) is 2.93. The van der Waals surface area contributed by atoms with Gasteiger partial charge in [-0.05, 0) is 30.3 Å². The van der Waals surface area contributed by atoms with E-state index in [2.05, 4.69) is 0 Å². The van der Waals surface area contributed by atoms with Crippen LogP contribution in [0.25, 0.3) is 11.0 Å². The molecular formula is C18H8ClF4NO3. The summed E-state index contributed by atoms with van der Waals surface area (Å²) in [5.41, 5.74) is -2.17. The number of alkyl halides is 3. The molecule has 27 heavy (non-hydrogen) atoms. The zero-order valence-corrected chi connectivity index (χ0v) is 14.0. The molecule has 0 bridgehead atoms. The maximum absolute atomic E-state index is 13.5. The number of anilines is 1. The first-order valence-electron chi connectivity index (χ1n) is 7.61. The molecule has 0 N–H and O–H groups in total. The molecule has 9 heteroatoms. The van der Waals surface area contributed by atoms with Gasteiger partial charge in [-0.3, -0.25) is 9.59 Å². The highest BCUT2D eigenvalue weighted by Gasteiger charge is 2.38. The molecule has 0 unspecified atom stereocenters. The molecule has 1 aliphatic heterocycles. The molecule has 3 aromatic rings. The molecule has 2 heterocycles. The van der Waals surface area contributed by atoms with Gasteiger partial charge in [-0.25, -0.2) is 4.39 Å². The number of carbonyl (C=O) groups excluding carboxylic acids is 1. The summed E-state index contributed by atoms with van der Waals surface area (Å²) in [6.07, 6.45) is -4.92. The molecule has 1 aromatic heterocycles. The molecule has 4 rings (SSSR count). The monoisotopic (exact) mass is 397 g/mol. The summed E-state index contributed by atoms with van der Waals surface area (Å²) in [5.74, 6) is -2.55. The molecule has 0 saturated heterocycles. The molecule has 0 atom stereocenters. The van der Waals surface area contributed by atoms with Gasteiger partial charge in [-0.2, -0.15) is 13.2 Å². The minimum atomic E-state index is -4.92. The fraction of sp³-hybridized carbons (Fsp3) is 0.111. The van der Waals surface area contributed by atoms with Gasteiger partial charge in [0, 0.05) is 5.69 Å². The third kappa shape index (κ3) is 2.68. The summed E-state index contributed by atoms with van der Waals surface area (Å²) in [6, 6.07) is 6.67. The number of rotatable bonds is 1. The summed E-state index contributed by atoms with van der Waals surface area (Å²) in [6.45, 7) is -0.290. The van der Waals surface area contributed by atoms with Gasteiger partial charge in [0.2, 0.25) is 5.76 Å². The fourth-order valence-electron chi connectivity index (χ4n) is 3.00. The summed E-state index contributed by atoms with van der Waals surface area (Å²) >= 11 is 6.00. The van der Waals surface area contributed by atoms with Gasteiger partial charge >= 0.3 is 6.18 Å². The van der Waals surface area contributed by atoms with Gasteiger partial charge in [0.05, 0.1) is 28.1 Å². The van der Waals surface area contributed by atoms with Crippen molar-refractivity contribution in [2.45, 2.75) is 12.7 Å². The Morgan fingerprint density at radius 2 is 1.85 bits per heavy atom. The minimum absolute atomic E-state index is 0.00708. The van der Waals surface area contributed by atoms with Crippen LogP contribution < -0.4 is 10.3 Å². The number of nitrogens with zero attached hydrogens (tertiary/aromatic N) is 1. The van der Waals surface area contributed by atoms with Gasteiger partial charge in [0.1, 0.15) is 5.82 Å². The third-order valence-corrected chi connectivity index (χ3v) is 4.58. The lowest BCUT2D eigenvalue weighted by Crippen LogP contribution is -2.24. The second-order valence-corrected chi connectivity index (χ2v) is 6.32. The van der Waals surface area contributed by atoms with Gasteiger partial charge in [-0.1, -0.05) is 17.7 Å². The largest absolute Gasteiger partial charge is 0.449 e. The van der Waals surface area contributed by atoms with Gasteiger partial charge in [0.25, 0.3) is 5.91 Å². The zero-order valence-electron chi connectivity index (χ0n) is 13.2. The van der Waals surface area contributed by atoms with E-state index in [1.807, 2.05) is 0 Å². The first-order chi connectivity index (χ1) is 12.7. The van der Waals surface area contributed by atoms with Crippen LogP contribution in [0.1, 0.15) is 21.7 Å². The van der Waals surface area contributed by atoms with E-state index in [-0.39, 0.29) is 39.5 Å². The molecule has 1 amide bonds. The number of hydrogen-bond donors (Lipinski definition) is 0. The minimum Gasteiger partial charge on any atom is -0.449 e. The van der Waals surface area contributed by atoms with Crippen molar-refractivity contribution in [3.05, 3.63) is 74.3 Å². The Bertz CT molecular complexity index is 1170. The van der Waals surface area contributed by atoms with Crippen LogP contribution in [0.4, 0.5) is 23.2 Å². The highest BCUT2D eigenvalue weighted by Crippen LogP contribution is 2.36. The van der Waals surface area contributed by atoms with Crippen molar-refractivity contribution < 1.29 is 26.8 Å². The smallest absolute Gasteiger partial charge is 0.419 e. The molecule has 0 radical (unpaired) electrons. The summed E-state index contributed by atoms with van der Waals surface area (Å²) in [4.78, 5) is 26.2. The van der Waals surface area contributed by atoms with Crippen molar-refractivity contribution in [2.24, 2.45) is 0 Å². The second-order valence-electron chi connectivity index (χ2n) is 5.91. The van der Waals surface area contributed by atoms with Crippen LogP contribution in [-0.2, 0) is 12.7 Å². The topological polar surface area (TPSA) is 50.5 Å². The lowest BCUT2D eigenvalue weighted by molar-refractivity contribution is -0.139. The molecular weight excluding hydrogens is 390 g/mol. The van der Waals surface area contributed by atoms with Crippen LogP contribution in [0.2, 0.25) is 5.02 Å². The first kappa shape index (κ1) is 17.5. The zero-order chi connectivity index (χ0) is 19.5. The predicted octanol–water partition coefficient (Wildman–Crippen LogP) is 4.76. The molecule has 0 saturated carbocycles. The third-order valence-electron chi connectivity index (χ3n) is 4.29. The van der Waals surface area contributed by atoms with Crippen molar-refractivity contribution in [3.8, 4) is 0 Å². The van der Waals surface area contributed by atoms with E-state index in [1.54, 1.807) is 0 Å². The van der Waals surface area contributed by atoms with Crippen molar-refractivity contribution >= 4 is 34.2 Å². The lowest BCUT2D eigenvalue weighted by Gasteiger charge is -2.17. The van der Waals surface area contributed by atoms with E-state index >= 15 is 0 Å². The SMILES string of the molecule is O=C1c2oc3c(Cl)cccc3c(=O)c2CN1c1ccc(F)c(C(F)(F)F)c1. The number of hydrogen-bond acceptors (Lipinski definition) is 3. The highest BCUT2D eigenvalue weighted by molar-refractivity contribution is 6.34. The Kier molecular flexibility index (Phi) is 3.78. The second kappa shape index (κ2) is 5.82. The maximum atomic E-state index is 13.5. The van der Waals surface area contributed by atoms with Crippen molar-refractivity contribution in [1.82, 2.24) is 0 Å². The Morgan fingerprint density at radius 3 is 2.56 bits per heavy atom. The molecule has 2 aromatic carbocycles. The maximum Gasteiger partial charge on any atom is 0.419 e. The molecule has 4 nitrogen and oxygen atoms in total. The summed E-state index contributed by atoms with van der Waals surface area (Å²) in [5, 5.41) is 0.283. The van der Waals surface area contributed by atoms with E-state index in [9.17, 15) is 27.2 Å². The number of amides is 1. The van der Waals surface area contributed by atoms with Gasteiger partial charge in [0.15, 0.2) is 11.0 Å². The van der Waals surface area contributed by atoms with Crippen LogP contribution in [0.15, 0.2) is 45.6 Å². The number of carbonyl (C=O) groups is 1. The Hall–Kier alpha value is -2.87. The predicted molar refractivity (Wildman–Crippen MR) is 89.4 cm³/mol. The van der Waals surface area contributed by atoms with Crippen LogP contribution in [0.5, 0.6) is 0 Å². The molecule has 0 fully saturated rings. The normalized spacial score (nSPS) is 14.1. The summed E-state index contributed by atoms with van der Waals surface area (Å²) < 4.78 is 57.8. The molecule has 0 spiro atoms. The molecule has 1 aliphatic rings. The molecule has 0 aliphatic carbocycles. The van der Waals surface area contributed by atoms with Crippen molar-refractivity contribution in [2.75, 3.05) is 4.90 Å². The van der Waals surface area contributed by atoms with Gasteiger partial charge in [-0.15, -0.1) is 0 Å². The van der Waals surface area contributed by atoms with E-state index in [0.29, 0.717) is 12.1 Å². The van der Waals surface area contributed by atoms with Crippen LogP contribution in [-0.4, -0.2) is 5.91 Å². The standard InChI is InChI=1S/C18H8ClF4NO3/c19-12-3-1-2-9-14(25)10-7-24(17(26)16(10)27-15(9)12)8-4-5-13(20)11(6-8)18(21,22)23/h1-6H,7H2. The van der Waals surface area contributed by atoms with Crippen molar-refractivity contribution in [1.29, 1.82) is 0 Å². The highest BCUT2D eigenvalue weighted by atomic mass is 35.5. The quantitative estimate of drug-likeness (QED) is 0.556. The van der Waals surface area contributed by atoms with Crippen molar-refractivity contribution in [3.63, 3.8) is 0 Å². The number of halogens is 5. The Balaban J connectivity index is 1.86. The van der Waals surface area contributed by atoms with E-state index < -0.39 is 28.9 Å². The van der Waals surface area contributed by atoms with E-state index in [0.717, 1.165) is 11.0 Å². The lowest BCUT2D eigenvalue weighted by atomic mass is 10.1.